The zero-order valence-electron chi connectivity index (χ0n) is 14.3. The van der Waals surface area contributed by atoms with Gasteiger partial charge in [0.05, 0.1) is 0 Å². The van der Waals surface area contributed by atoms with E-state index in [1.54, 1.807) is 12.1 Å². The molecule has 2 rings (SSSR count). The van der Waals surface area contributed by atoms with Crippen molar-refractivity contribution in [2.75, 3.05) is 20.6 Å². The third-order valence-corrected chi connectivity index (χ3v) is 3.56. The van der Waals surface area contributed by atoms with Crippen LogP contribution in [0.4, 0.5) is 8.78 Å². The summed E-state index contributed by atoms with van der Waals surface area (Å²) < 4.78 is 28.5. The molecular formula is C19H22F2N2O2. The minimum Gasteiger partial charge on any atom is -0.435 e. The molecule has 0 heterocycles. The first-order valence-electron chi connectivity index (χ1n) is 7.99. The first-order valence-corrected chi connectivity index (χ1v) is 7.99. The van der Waals surface area contributed by atoms with Gasteiger partial charge in [-0.25, -0.2) is 0 Å². The number of rotatable bonds is 8. The van der Waals surface area contributed by atoms with E-state index in [0.29, 0.717) is 18.5 Å². The van der Waals surface area contributed by atoms with Gasteiger partial charge in [-0.3, -0.25) is 4.79 Å². The molecule has 0 aromatic heterocycles. The van der Waals surface area contributed by atoms with E-state index < -0.39 is 6.61 Å². The summed E-state index contributed by atoms with van der Waals surface area (Å²) in [4.78, 5) is 14.2. The maximum Gasteiger partial charge on any atom is 0.387 e. The number of ether oxygens (including phenoxy) is 1. The van der Waals surface area contributed by atoms with Crippen LogP contribution in [0.5, 0.6) is 5.75 Å². The number of alkyl halides is 2. The summed E-state index contributed by atoms with van der Waals surface area (Å²) in [5.41, 5.74) is 2.69. The molecule has 0 aliphatic rings. The average Bonchev–Trinajstić information content (AvgIpc) is 2.56. The van der Waals surface area contributed by atoms with Crippen molar-refractivity contribution in [3.63, 3.8) is 0 Å². The van der Waals surface area contributed by atoms with Crippen molar-refractivity contribution in [3.05, 3.63) is 65.2 Å². The Morgan fingerprint density at radius 3 is 2.20 bits per heavy atom. The molecule has 0 aliphatic carbocycles. The van der Waals surface area contributed by atoms with Gasteiger partial charge in [0.25, 0.3) is 5.91 Å². The molecular weight excluding hydrogens is 326 g/mol. The molecule has 6 heteroatoms. The van der Waals surface area contributed by atoms with Crippen LogP contribution in [0.1, 0.15) is 21.5 Å². The molecule has 1 N–H and O–H groups in total. The Morgan fingerprint density at radius 1 is 1.04 bits per heavy atom. The van der Waals surface area contributed by atoms with E-state index in [4.69, 9.17) is 0 Å². The van der Waals surface area contributed by atoms with Crippen molar-refractivity contribution < 1.29 is 18.3 Å². The normalized spacial score (nSPS) is 11.0. The number of benzene rings is 2. The van der Waals surface area contributed by atoms with Crippen molar-refractivity contribution >= 4 is 5.91 Å². The van der Waals surface area contributed by atoms with Gasteiger partial charge in [0.1, 0.15) is 5.75 Å². The number of nitrogens with one attached hydrogen (secondary N) is 1. The first-order chi connectivity index (χ1) is 11.9. The van der Waals surface area contributed by atoms with Crippen molar-refractivity contribution in [3.8, 4) is 5.75 Å². The van der Waals surface area contributed by atoms with E-state index in [1.807, 2.05) is 38.4 Å². The Bertz CT molecular complexity index is 671. The van der Waals surface area contributed by atoms with Gasteiger partial charge in [0.2, 0.25) is 0 Å². The second-order valence-corrected chi connectivity index (χ2v) is 5.96. The standard InChI is InChI=1S/C19H22F2N2O2/c1-23(2)13-15-3-7-16(8-4-15)18(24)22-12-11-14-5-9-17(10-6-14)25-19(20)21/h3-10,19H,11-13H2,1-2H3,(H,22,24). The van der Waals surface area contributed by atoms with Crippen LogP contribution in [0.2, 0.25) is 0 Å². The van der Waals surface area contributed by atoms with Crippen LogP contribution in [0.3, 0.4) is 0 Å². The molecule has 0 saturated heterocycles. The van der Waals surface area contributed by atoms with E-state index in [1.165, 1.54) is 12.1 Å². The summed E-state index contributed by atoms with van der Waals surface area (Å²) in [5.74, 6) is -0.00495. The van der Waals surface area contributed by atoms with Gasteiger partial charge in [0.15, 0.2) is 0 Å². The molecule has 0 atom stereocenters. The van der Waals surface area contributed by atoms with Crippen LogP contribution in [-0.4, -0.2) is 38.1 Å². The fourth-order valence-corrected chi connectivity index (χ4v) is 2.39. The lowest BCUT2D eigenvalue weighted by atomic mass is 10.1. The Labute approximate surface area is 146 Å². The number of nitrogens with zero attached hydrogens (tertiary/aromatic N) is 1. The number of hydrogen-bond acceptors (Lipinski definition) is 3. The predicted molar refractivity (Wildman–Crippen MR) is 92.9 cm³/mol. The summed E-state index contributed by atoms with van der Waals surface area (Å²) in [6.45, 7) is -1.53. The second-order valence-electron chi connectivity index (χ2n) is 5.96. The maximum atomic E-state index is 12.1. The van der Waals surface area contributed by atoms with Gasteiger partial charge in [0, 0.05) is 18.7 Å². The Morgan fingerprint density at radius 2 is 1.64 bits per heavy atom. The Kier molecular flexibility index (Phi) is 6.89. The molecule has 0 unspecified atom stereocenters. The monoisotopic (exact) mass is 348 g/mol. The minimum absolute atomic E-state index is 0.126. The molecule has 0 radical (unpaired) electrons. The fourth-order valence-electron chi connectivity index (χ4n) is 2.39. The highest BCUT2D eigenvalue weighted by Crippen LogP contribution is 2.15. The molecule has 0 saturated carbocycles. The van der Waals surface area contributed by atoms with E-state index in [2.05, 4.69) is 15.0 Å². The lowest BCUT2D eigenvalue weighted by molar-refractivity contribution is -0.0498. The van der Waals surface area contributed by atoms with E-state index in [-0.39, 0.29) is 11.7 Å². The van der Waals surface area contributed by atoms with Crippen LogP contribution >= 0.6 is 0 Å². The fraction of sp³-hybridized carbons (Fsp3) is 0.316. The molecule has 2 aromatic carbocycles. The molecule has 4 nitrogen and oxygen atoms in total. The van der Waals surface area contributed by atoms with Crippen molar-refractivity contribution in [1.82, 2.24) is 10.2 Å². The van der Waals surface area contributed by atoms with Crippen molar-refractivity contribution in [2.24, 2.45) is 0 Å². The topological polar surface area (TPSA) is 41.6 Å². The van der Waals surface area contributed by atoms with Gasteiger partial charge < -0.3 is 15.0 Å². The van der Waals surface area contributed by atoms with Crippen LogP contribution in [0.15, 0.2) is 48.5 Å². The number of amides is 1. The highest BCUT2D eigenvalue weighted by Gasteiger charge is 2.06. The number of carbonyl (C=O) groups excluding carboxylic acids is 1. The highest BCUT2D eigenvalue weighted by molar-refractivity contribution is 5.94. The van der Waals surface area contributed by atoms with E-state index >= 15 is 0 Å². The van der Waals surface area contributed by atoms with E-state index in [9.17, 15) is 13.6 Å². The predicted octanol–water partition coefficient (Wildman–Crippen LogP) is 3.32. The largest absolute Gasteiger partial charge is 0.435 e. The molecule has 0 bridgehead atoms. The number of hydrogen-bond donors (Lipinski definition) is 1. The minimum atomic E-state index is -2.82. The van der Waals surface area contributed by atoms with Gasteiger partial charge in [-0.15, -0.1) is 0 Å². The second kappa shape index (κ2) is 9.13. The quantitative estimate of drug-likeness (QED) is 0.796. The summed E-state index contributed by atoms with van der Waals surface area (Å²) in [6, 6.07) is 13.9. The smallest absolute Gasteiger partial charge is 0.387 e. The first kappa shape index (κ1) is 18.9. The molecule has 134 valence electrons. The van der Waals surface area contributed by atoms with Crippen LogP contribution < -0.4 is 10.1 Å². The summed E-state index contributed by atoms with van der Waals surface area (Å²) in [5, 5.41) is 2.85. The SMILES string of the molecule is CN(C)Cc1ccc(C(=O)NCCc2ccc(OC(F)F)cc2)cc1. The van der Waals surface area contributed by atoms with Crippen LogP contribution in [0, 0.1) is 0 Å². The van der Waals surface area contributed by atoms with Gasteiger partial charge in [-0.05, 0) is 55.9 Å². The molecule has 25 heavy (non-hydrogen) atoms. The summed E-state index contributed by atoms with van der Waals surface area (Å²) >= 11 is 0. The van der Waals surface area contributed by atoms with Crippen LogP contribution in [0.25, 0.3) is 0 Å². The summed E-state index contributed by atoms with van der Waals surface area (Å²) in [6.07, 6.45) is 0.611. The zero-order valence-corrected chi connectivity index (χ0v) is 14.3. The molecule has 0 fully saturated rings. The highest BCUT2D eigenvalue weighted by atomic mass is 19.3. The lowest BCUT2D eigenvalue weighted by Crippen LogP contribution is -2.25. The number of halogens is 2. The molecule has 0 aliphatic heterocycles. The maximum absolute atomic E-state index is 12.1. The number of carbonyl (C=O) groups is 1. The van der Waals surface area contributed by atoms with Crippen molar-refractivity contribution in [1.29, 1.82) is 0 Å². The van der Waals surface area contributed by atoms with E-state index in [0.717, 1.165) is 17.7 Å². The van der Waals surface area contributed by atoms with Gasteiger partial charge in [-0.1, -0.05) is 24.3 Å². The molecule has 1 amide bonds. The van der Waals surface area contributed by atoms with Gasteiger partial charge >= 0.3 is 6.61 Å². The third-order valence-electron chi connectivity index (χ3n) is 3.56. The van der Waals surface area contributed by atoms with Crippen LogP contribution in [-0.2, 0) is 13.0 Å². The zero-order chi connectivity index (χ0) is 18.2. The lowest BCUT2D eigenvalue weighted by Gasteiger charge is -2.10. The third kappa shape index (κ3) is 6.51. The molecule has 2 aromatic rings. The summed E-state index contributed by atoms with van der Waals surface area (Å²) in [7, 11) is 3.99. The Hall–Kier alpha value is -2.47. The average molecular weight is 348 g/mol. The van der Waals surface area contributed by atoms with Gasteiger partial charge in [-0.2, -0.15) is 8.78 Å². The molecule has 0 spiro atoms. The van der Waals surface area contributed by atoms with Crippen molar-refractivity contribution in [2.45, 2.75) is 19.6 Å². The Balaban J connectivity index is 1.80.